The Balaban J connectivity index is 2.43. The molecule has 0 spiro atoms. The summed E-state index contributed by atoms with van der Waals surface area (Å²) in [6, 6.07) is 4.69. The van der Waals surface area contributed by atoms with E-state index in [0.29, 0.717) is 12.1 Å². The highest BCUT2D eigenvalue weighted by Gasteiger charge is 2.14. The molecular weight excluding hydrogens is 244 g/mol. The van der Waals surface area contributed by atoms with Gasteiger partial charge in [0.15, 0.2) is 0 Å². The van der Waals surface area contributed by atoms with E-state index in [9.17, 15) is 9.59 Å². The molecule has 2 rings (SSSR count). The van der Waals surface area contributed by atoms with Crippen molar-refractivity contribution in [2.45, 2.75) is 33.7 Å². The molecule has 0 amide bonds. The van der Waals surface area contributed by atoms with Crippen molar-refractivity contribution in [3.05, 3.63) is 34.2 Å². The number of carboxylic acid groups (broad SMARTS) is 1. The third-order valence-corrected chi connectivity index (χ3v) is 3.11. The summed E-state index contributed by atoms with van der Waals surface area (Å²) in [5, 5.41) is 8.93. The van der Waals surface area contributed by atoms with Crippen LogP contribution in [0.2, 0.25) is 0 Å². The lowest BCUT2D eigenvalue weighted by Gasteiger charge is -2.17. The Bertz CT molecular complexity index is 674. The molecule has 5 nitrogen and oxygen atoms in total. The molecule has 102 valence electrons. The molecule has 1 heterocycles. The number of benzene rings is 1. The van der Waals surface area contributed by atoms with Gasteiger partial charge in [0.1, 0.15) is 0 Å². The number of hydrogen-bond acceptors (Lipinski definition) is 2. The van der Waals surface area contributed by atoms with Crippen LogP contribution in [-0.2, 0) is 6.54 Å². The van der Waals surface area contributed by atoms with Gasteiger partial charge in [-0.05, 0) is 30.0 Å². The highest BCUT2D eigenvalue weighted by atomic mass is 16.4. The van der Waals surface area contributed by atoms with Gasteiger partial charge in [0, 0.05) is 6.54 Å². The van der Waals surface area contributed by atoms with Crippen molar-refractivity contribution >= 4 is 17.0 Å². The van der Waals surface area contributed by atoms with Gasteiger partial charge in [0.2, 0.25) is 0 Å². The monoisotopic (exact) mass is 262 g/mol. The Labute approximate surface area is 110 Å². The van der Waals surface area contributed by atoms with Crippen LogP contribution in [-0.4, -0.2) is 20.6 Å². The molecule has 0 radical (unpaired) electrons. The summed E-state index contributed by atoms with van der Waals surface area (Å²) in [4.78, 5) is 25.5. The number of nitrogens with zero attached hydrogens (tertiary/aromatic N) is 1. The van der Waals surface area contributed by atoms with Gasteiger partial charge in [-0.3, -0.25) is 4.57 Å². The smallest absolute Gasteiger partial charge is 0.335 e. The third kappa shape index (κ3) is 2.86. The Morgan fingerprint density at radius 3 is 2.63 bits per heavy atom. The number of nitrogens with one attached hydrogen (secondary N) is 1. The molecule has 1 aromatic heterocycles. The molecule has 0 bridgehead atoms. The Morgan fingerprint density at radius 2 is 2.05 bits per heavy atom. The number of imidazole rings is 1. The molecule has 0 aliphatic heterocycles. The molecule has 0 unspecified atom stereocenters. The molecule has 19 heavy (non-hydrogen) atoms. The molecule has 0 saturated carbocycles. The van der Waals surface area contributed by atoms with Crippen molar-refractivity contribution in [1.82, 2.24) is 9.55 Å². The van der Waals surface area contributed by atoms with Crippen molar-refractivity contribution in [1.29, 1.82) is 0 Å². The molecule has 0 aliphatic carbocycles. The van der Waals surface area contributed by atoms with Crippen LogP contribution >= 0.6 is 0 Å². The standard InChI is InChI=1S/C14H18N2O3/c1-14(2,3)6-7-16-11-5-4-9(12(17)18)8-10(11)15-13(16)19/h4-5,8H,6-7H2,1-3H3,(H,15,19)(H,17,18). The maximum absolute atomic E-state index is 11.9. The normalized spacial score (nSPS) is 11.9. The third-order valence-electron chi connectivity index (χ3n) is 3.11. The van der Waals surface area contributed by atoms with Crippen molar-refractivity contribution in [3.63, 3.8) is 0 Å². The Morgan fingerprint density at radius 1 is 1.37 bits per heavy atom. The van der Waals surface area contributed by atoms with Crippen LogP contribution in [0.1, 0.15) is 37.6 Å². The zero-order chi connectivity index (χ0) is 14.2. The molecule has 0 saturated heterocycles. The van der Waals surface area contributed by atoms with Gasteiger partial charge in [-0.1, -0.05) is 20.8 Å². The number of carbonyl (C=O) groups is 1. The minimum Gasteiger partial charge on any atom is -0.478 e. The van der Waals surface area contributed by atoms with Gasteiger partial charge in [0.05, 0.1) is 16.6 Å². The van der Waals surface area contributed by atoms with Crippen LogP contribution < -0.4 is 5.69 Å². The van der Waals surface area contributed by atoms with E-state index in [2.05, 4.69) is 25.8 Å². The predicted octanol–water partition coefficient (Wildman–Crippen LogP) is 2.46. The molecule has 0 atom stereocenters. The minimum absolute atomic E-state index is 0.143. The van der Waals surface area contributed by atoms with Gasteiger partial charge in [0.25, 0.3) is 0 Å². The van der Waals surface area contributed by atoms with Crippen LogP contribution in [0.25, 0.3) is 11.0 Å². The van der Waals surface area contributed by atoms with Crippen LogP contribution in [0.3, 0.4) is 0 Å². The first-order valence-electron chi connectivity index (χ1n) is 6.24. The van der Waals surface area contributed by atoms with E-state index in [1.54, 1.807) is 10.6 Å². The summed E-state index contributed by atoms with van der Waals surface area (Å²) in [5.41, 5.74) is 1.45. The number of aryl methyl sites for hydroxylation is 1. The van der Waals surface area contributed by atoms with Crippen LogP contribution in [0.5, 0.6) is 0 Å². The van der Waals surface area contributed by atoms with E-state index in [4.69, 9.17) is 5.11 Å². The Kier molecular flexibility index (Phi) is 3.22. The van der Waals surface area contributed by atoms with Crippen molar-refractivity contribution in [2.75, 3.05) is 0 Å². The number of aromatic amines is 1. The van der Waals surface area contributed by atoms with Gasteiger partial charge >= 0.3 is 11.7 Å². The molecule has 5 heteroatoms. The zero-order valence-corrected chi connectivity index (χ0v) is 11.4. The first-order chi connectivity index (χ1) is 8.78. The lowest BCUT2D eigenvalue weighted by molar-refractivity contribution is 0.0697. The Hall–Kier alpha value is -2.04. The summed E-state index contributed by atoms with van der Waals surface area (Å²) in [6.45, 7) is 6.98. The molecular formula is C14H18N2O3. The highest BCUT2D eigenvalue weighted by Crippen LogP contribution is 2.20. The van der Waals surface area contributed by atoms with Crippen LogP contribution in [0.15, 0.2) is 23.0 Å². The lowest BCUT2D eigenvalue weighted by Crippen LogP contribution is -2.20. The number of hydrogen-bond donors (Lipinski definition) is 2. The van der Waals surface area contributed by atoms with E-state index in [1.165, 1.54) is 12.1 Å². The fourth-order valence-electron chi connectivity index (χ4n) is 1.97. The number of rotatable bonds is 3. The maximum atomic E-state index is 11.9. The fourth-order valence-corrected chi connectivity index (χ4v) is 1.97. The number of aromatic nitrogens is 2. The van der Waals surface area contributed by atoms with Crippen molar-refractivity contribution < 1.29 is 9.90 Å². The number of fused-ring (bicyclic) bond motifs is 1. The molecule has 0 aliphatic rings. The second-order valence-electron chi connectivity index (χ2n) is 5.93. The molecule has 2 aromatic rings. The van der Waals surface area contributed by atoms with E-state index in [1.807, 2.05) is 0 Å². The summed E-state index contributed by atoms with van der Waals surface area (Å²) < 4.78 is 1.66. The van der Waals surface area contributed by atoms with Gasteiger partial charge < -0.3 is 10.1 Å². The second kappa shape index (κ2) is 4.57. The van der Waals surface area contributed by atoms with Crippen LogP contribution in [0, 0.1) is 5.41 Å². The topological polar surface area (TPSA) is 75.1 Å². The highest BCUT2D eigenvalue weighted by molar-refractivity contribution is 5.92. The quantitative estimate of drug-likeness (QED) is 0.892. The first-order valence-corrected chi connectivity index (χ1v) is 6.24. The van der Waals surface area contributed by atoms with Gasteiger partial charge in [-0.25, -0.2) is 9.59 Å². The average Bonchev–Trinajstić information content (AvgIpc) is 2.59. The van der Waals surface area contributed by atoms with E-state index in [-0.39, 0.29) is 16.7 Å². The fraction of sp³-hybridized carbons (Fsp3) is 0.429. The van der Waals surface area contributed by atoms with Crippen LogP contribution in [0.4, 0.5) is 0 Å². The first kappa shape index (κ1) is 13.4. The summed E-state index contributed by atoms with van der Waals surface area (Å²) in [7, 11) is 0. The SMILES string of the molecule is CC(C)(C)CCn1c(=O)[nH]c2cc(C(=O)O)ccc21. The molecule has 0 fully saturated rings. The van der Waals surface area contributed by atoms with E-state index >= 15 is 0 Å². The second-order valence-corrected chi connectivity index (χ2v) is 5.93. The average molecular weight is 262 g/mol. The maximum Gasteiger partial charge on any atom is 0.335 e. The van der Waals surface area contributed by atoms with Gasteiger partial charge in [-0.15, -0.1) is 0 Å². The van der Waals surface area contributed by atoms with Crippen molar-refractivity contribution in [2.24, 2.45) is 5.41 Å². The largest absolute Gasteiger partial charge is 0.478 e. The summed E-state index contributed by atoms with van der Waals surface area (Å²) in [6.07, 6.45) is 0.876. The van der Waals surface area contributed by atoms with Gasteiger partial charge in [-0.2, -0.15) is 0 Å². The summed E-state index contributed by atoms with van der Waals surface area (Å²) in [5.74, 6) is -0.995. The number of carboxylic acids is 1. The van der Waals surface area contributed by atoms with E-state index in [0.717, 1.165) is 11.9 Å². The number of H-pyrrole nitrogens is 1. The minimum atomic E-state index is -0.995. The predicted molar refractivity (Wildman–Crippen MR) is 73.6 cm³/mol. The molecule has 1 aromatic carbocycles. The zero-order valence-electron chi connectivity index (χ0n) is 11.4. The number of aromatic carboxylic acids is 1. The lowest BCUT2D eigenvalue weighted by atomic mass is 9.92. The van der Waals surface area contributed by atoms with E-state index < -0.39 is 5.97 Å². The van der Waals surface area contributed by atoms with Crippen molar-refractivity contribution in [3.8, 4) is 0 Å². The summed E-state index contributed by atoms with van der Waals surface area (Å²) >= 11 is 0. The molecule has 2 N–H and O–H groups in total.